The summed E-state index contributed by atoms with van der Waals surface area (Å²) in [6, 6.07) is 0. The maximum absolute atomic E-state index is 13.2. The number of hydrogen-bond acceptors (Lipinski definition) is 18. The number of aliphatic hydroxyl groups is 10. The van der Waals surface area contributed by atoms with Gasteiger partial charge in [-0.2, -0.15) is 0 Å². The van der Waals surface area contributed by atoms with Crippen molar-refractivity contribution in [1.29, 1.82) is 0 Å². The average Bonchev–Trinajstić information content (AvgIpc) is 3.68. The minimum absolute atomic E-state index is 0.0791. The first-order chi connectivity index (χ1) is 29.6. The van der Waals surface area contributed by atoms with Gasteiger partial charge in [-0.3, -0.25) is 4.79 Å². The third kappa shape index (κ3) is 8.40. The molecule has 0 aromatic rings. The van der Waals surface area contributed by atoms with Crippen LogP contribution in [0.3, 0.4) is 0 Å². The monoisotopic (exact) mass is 902 g/mol. The van der Waals surface area contributed by atoms with E-state index >= 15 is 0 Å². The van der Waals surface area contributed by atoms with E-state index in [1.165, 1.54) is 6.92 Å². The molecule has 0 aromatic carbocycles. The second kappa shape index (κ2) is 18.1. The summed E-state index contributed by atoms with van der Waals surface area (Å²) < 4.78 is 42.6. The highest BCUT2D eigenvalue weighted by Crippen LogP contribution is 2.71. The van der Waals surface area contributed by atoms with Crippen molar-refractivity contribution < 1.29 is 89.0 Å². The van der Waals surface area contributed by atoms with Crippen LogP contribution < -0.4 is 0 Å². The van der Waals surface area contributed by atoms with Gasteiger partial charge in [-0.05, 0) is 98.7 Å². The van der Waals surface area contributed by atoms with E-state index in [-0.39, 0.29) is 64.8 Å². The van der Waals surface area contributed by atoms with E-state index < -0.39 is 111 Å². The molecule has 0 radical (unpaired) electrons. The summed E-state index contributed by atoms with van der Waals surface area (Å²) in [6.07, 6.45) is -15.0. The van der Waals surface area contributed by atoms with Crippen molar-refractivity contribution in [1.82, 2.24) is 0 Å². The number of hydrogen-bond donors (Lipinski definition) is 10. The maximum atomic E-state index is 13.2. The van der Waals surface area contributed by atoms with Gasteiger partial charge in [-0.1, -0.05) is 27.7 Å². The number of fused-ring (bicyclic) bond motifs is 7. The average molecular weight is 903 g/mol. The SMILES string of the molecule is C[C@@H](CC[C@@]1(O)O[C@H]2C[C@@H]3[C@H]4C[C@H](O[C@@H]5O[C@H](C)[C@@H](O)[C@H](O[C@@H]6O[C@@H](C)[C@H](O)[C@@H](O)[C@H]6O)[C@H]5O)[C@H]5CC(=O)CC[C@]5(C)[C@@H]4CC[C@]3(C)[C@H]2[C@@H]1C)CO[C@@H]1O[C@H](CO)[C@@H](O)[C@H](O)[C@H]1O. The first-order valence-electron chi connectivity index (χ1n) is 23.5. The van der Waals surface area contributed by atoms with Gasteiger partial charge in [0, 0.05) is 25.2 Å². The fraction of sp³-hybridized carbons (Fsp3) is 0.978. The van der Waals surface area contributed by atoms with E-state index in [2.05, 4.69) is 20.8 Å². The highest BCUT2D eigenvalue weighted by atomic mass is 16.7. The molecule has 4 saturated carbocycles. The Balaban J connectivity index is 0.946. The fourth-order valence-corrected chi connectivity index (χ4v) is 13.9. The molecule has 0 bridgehead atoms. The molecule has 10 N–H and O–H groups in total. The van der Waals surface area contributed by atoms with Gasteiger partial charge in [0.1, 0.15) is 66.8 Å². The predicted octanol–water partition coefficient (Wildman–Crippen LogP) is -0.545. The molecule has 27 atom stereocenters. The molecule has 4 heterocycles. The van der Waals surface area contributed by atoms with E-state index in [0.29, 0.717) is 38.0 Å². The Kier molecular flexibility index (Phi) is 14.0. The van der Waals surface area contributed by atoms with E-state index in [4.69, 9.17) is 33.2 Å². The first-order valence-corrected chi connectivity index (χ1v) is 23.5. The number of carbonyl (C=O) groups is 1. The summed E-state index contributed by atoms with van der Waals surface area (Å²) in [5.41, 5.74) is -0.407. The van der Waals surface area contributed by atoms with Gasteiger partial charge in [0.2, 0.25) is 0 Å². The van der Waals surface area contributed by atoms with Crippen LogP contribution >= 0.6 is 0 Å². The second-order valence-electron chi connectivity index (χ2n) is 21.4. The van der Waals surface area contributed by atoms with Crippen molar-refractivity contribution >= 4 is 5.78 Å². The lowest BCUT2D eigenvalue weighted by Crippen LogP contribution is -2.64. The molecular weight excluding hydrogens is 828 g/mol. The van der Waals surface area contributed by atoms with Gasteiger partial charge in [0.25, 0.3) is 0 Å². The van der Waals surface area contributed by atoms with Gasteiger partial charge in [-0.15, -0.1) is 0 Å². The number of aliphatic hydroxyl groups excluding tert-OH is 9. The summed E-state index contributed by atoms with van der Waals surface area (Å²) >= 11 is 0. The molecule has 362 valence electrons. The quantitative estimate of drug-likeness (QED) is 0.117. The molecule has 0 spiro atoms. The fourth-order valence-electron chi connectivity index (χ4n) is 13.9. The molecule has 8 fully saturated rings. The lowest BCUT2D eigenvalue weighted by atomic mass is 9.43. The minimum atomic E-state index is -1.65. The Morgan fingerprint density at radius 1 is 0.730 bits per heavy atom. The van der Waals surface area contributed by atoms with Gasteiger partial charge in [0.15, 0.2) is 24.7 Å². The molecule has 4 aliphatic carbocycles. The van der Waals surface area contributed by atoms with E-state index in [0.717, 1.165) is 25.7 Å². The van der Waals surface area contributed by atoms with E-state index in [1.807, 2.05) is 6.92 Å². The third-order valence-corrected chi connectivity index (χ3v) is 17.7. The highest BCUT2D eigenvalue weighted by molar-refractivity contribution is 5.79. The van der Waals surface area contributed by atoms with Crippen molar-refractivity contribution in [3.63, 3.8) is 0 Å². The van der Waals surface area contributed by atoms with Crippen molar-refractivity contribution in [2.24, 2.45) is 52.3 Å². The van der Waals surface area contributed by atoms with Crippen molar-refractivity contribution in [3.05, 3.63) is 0 Å². The highest BCUT2D eigenvalue weighted by Gasteiger charge is 2.69. The number of ether oxygens (including phenoxy) is 7. The van der Waals surface area contributed by atoms with E-state index in [1.54, 1.807) is 6.92 Å². The van der Waals surface area contributed by atoms with Crippen LogP contribution in [0.2, 0.25) is 0 Å². The van der Waals surface area contributed by atoms with Crippen LogP contribution in [-0.2, 0) is 38.0 Å². The first kappa shape index (κ1) is 48.4. The van der Waals surface area contributed by atoms with E-state index in [9.17, 15) is 55.9 Å². The molecule has 8 rings (SSSR count). The Hall–Kier alpha value is -1.01. The Labute approximate surface area is 369 Å². The number of carbonyl (C=O) groups excluding carboxylic acids is 1. The van der Waals surface area contributed by atoms with Crippen molar-refractivity contribution in [2.75, 3.05) is 13.2 Å². The zero-order valence-electron chi connectivity index (χ0n) is 37.4. The predicted molar refractivity (Wildman–Crippen MR) is 217 cm³/mol. The summed E-state index contributed by atoms with van der Waals surface area (Å²) in [7, 11) is 0. The molecule has 4 aliphatic heterocycles. The molecule has 63 heavy (non-hydrogen) atoms. The normalized spacial score (nSPS) is 56.3. The minimum Gasteiger partial charge on any atom is -0.394 e. The maximum Gasteiger partial charge on any atom is 0.187 e. The Morgan fingerprint density at radius 3 is 2.08 bits per heavy atom. The van der Waals surface area contributed by atoms with Gasteiger partial charge >= 0.3 is 0 Å². The van der Waals surface area contributed by atoms with Crippen LogP contribution in [-0.4, -0.2) is 180 Å². The Bertz CT molecular complexity index is 1610. The number of Topliss-reactive ketones (excluding diaryl/α,β-unsaturated/α-hetero) is 1. The zero-order chi connectivity index (χ0) is 45.7. The number of rotatable bonds is 11. The summed E-state index contributed by atoms with van der Waals surface area (Å²) in [6.45, 7) is 11.4. The molecule has 18 heteroatoms. The molecule has 0 aromatic heterocycles. The second-order valence-corrected chi connectivity index (χ2v) is 21.4. The summed E-state index contributed by atoms with van der Waals surface area (Å²) in [4.78, 5) is 13.2. The lowest BCUT2D eigenvalue weighted by Gasteiger charge is -2.62. The molecule has 4 saturated heterocycles. The third-order valence-electron chi connectivity index (χ3n) is 17.7. The summed E-state index contributed by atoms with van der Waals surface area (Å²) in [5.74, 6) is -0.816. The molecule has 8 aliphatic rings. The van der Waals surface area contributed by atoms with Crippen molar-refractivity contribution in [2.45, 2.75) is 209 Å². The van der Waals surface area contributed by atoms with Gasteiger partial charge in [-0.25, -0.2) is 0 Å². The van der Waals surface area contributed by atoms with Crippen LogP contribution in [0.15, 0.2) is 0 Å². The topological polar surface area (TPSA) is 284 Å². The molecular formula is C45H74O18. The van der Waals surface area contributed by atoms with Gasteiger partial charge < -0.3 is 84.2 Å². The van der Waals surface area contributed by atoms with Crippen LogP contribution in [0.4, 0.5) is 0 Å². The lowest BCUT2D eigenvalue weighted by molar-refractivity contribution is -0.362. The zero-order valence-corrected chi connectivity index (χ0v) is 37.4. The van der Waals surface area contributed by atoms with Crippen LogP contribution in [0.25, 0.3) is 0 Å². The standard InChI is InChI=1S/C45H74O18/c1-18(17-57-40-36(53)35(52)33(50)29(16-46)61-40)7-12-45(56)19(2)30-28(63-45)15-25-23-14-27(26-13-22(47)8-10-43(26,5)24(23)9-11-44(25,30)6)60-42-38(55)39(32(49)21(4)59-42)62-41-37(54)34(51)31(48)20(3)58-41/h18-21,23-42,46,48-56H,7-17H2,1-6H3/t18-,19-,20-,21+,23-,24+,25+,26+,27-,28-,29+,30-,31-,32+,33+,34+,35-,36+,37+,38+,39-,40+,41-,42-,43+,44-,45+/m0/s1. The summed E-state index contributed by atoms with van der Waals surface area (Å²) in [5, 5.41) is 107. The van der Waals surface area contributed by atoms with Gasteiger partial charge in [0.05, 0.1) is 37.6 Å². The Morgan fingerprint density at radius 2 is 1.38 bits per heavy atom. The van der Waals surface area contributed by atoms with Crippen molar-refractivity contribution in [3.8, 4) is 0 Å². The smallest absolute Gasteiger partial charge is 0.187 e. The largest absolute Gasteiger partial charge is 0.394 e. The molecule has 18 nitrogen and oxygen atoms in total. The van der Waals surface area contributed by atoms with Crippen LogP contribution in [0, 0.1) is 52.3 Å². The molecule has 0 unspecified atom stereocenters. The van der Waals surface area contributed by atoms with Crippen LogP contribution in [0.1, 0.15) is 99.3 Å². The molecule has 0 amide bonds. The number of ketones is 1. The van der Waals surface area contributed by atoms with Crippen LogP contribution in [0.5, 0.6) is 0 Å².